The van der Waals surface area contributed by atoms with E-state index in [0.717, 1.165) is 4.47 Å². The highest BCUT2D eigenvalue weighted by molar-refractivity contribution is 9.10. The van der Waals surface area contributed by atoms with Crippen LogP contribution in [0.4, 0.5) is 0 Å². The maximum atomic E-state index is 11.4. The summed E-state index contributed by atoms with van der Waals surface area (Å²) in [5.41, 5.74) is 5.48. The second-order valence-electron chi connectivity index (χ2n) is 3.68. The molecule has 2 rings (SSSR count). The first kappa shape index (κ1) is 14.2. The van der Waals surface area contributed by atoms with Gasteiger partial charge in [-0.3, -0.25) is 4.79 Å². The molecule has 0 spiro atoms. The van der Waals surface area contributed by atoms with Gasteiger partial charge in [0, 0.05) is 9.50 Å². The van der Waals surface area contributed by atoms with E-state index in [1.807, 2.05) is 0 Å². The summed E-state index contributed by atoms with van der Waals surface area (Å²) in [6, 6.07) is 9.79. The molecule has 0 atom stereocenters. The van der Waals surface area contributed by atoms with Crippen LogP contribution in [-0.4, -0.2) is 5.91 Å². The molecule has 0 fully saturated rings. The Balaban J connectivity index is 2.43. The first-order valence-corrected chi connectivity index (χ1v) is 6.74. The van der Waals surface area contributed by atoms with Crippen molar-refractivity contribution >= 4 is 45.0 Å². The smallest absolute Gasteiger partial charge is 0.252 e. The summed E-state index contributed by atoms with van der Waals surface area (Å²) in [5.74, 6) is 0.0985. The van der Waals surface area contributed by atoms with E-state index < -0.39 is 5.91 Å². The van der Waals surface area contributed by atoms with E-state index in [-0.39, 0.29) is 5.56 Å². The van der Waals surface area contributed by atoms with Crippen molar-refractivity contribution in [3.63, 3.8) is 0 Å². The molecule has 0 aliphatic carbocycles. The predicted molar refractivity (Wildman–Crippen MR) is 79.2 cm³/mol. The first-order valence-electron chi connectivity index (χ1n) is 5.19. The van der Waals surface area contributed by atoms with E-state index in [0.29, 0.717) is 21.5 Å². The van der Waals surface area contributed by atoms with Crippen LogP contribution in [-0.2, 0) is 0 Å². The largest absolute Gasteiger partial charge is 0.455 e. The summed E-state index contributed by atoms with van der Waals surface area (Å²) in [7, 11) is 0. The van der Waals surface area contributed by atoms with Crippen molar-refractivity contribution in [2.75, 3.05) is 0 Å². The molecule has 0 unspecified atom stereocenters. The van der Waals surface area contributed by atoms with Crippen LogP contribution in [0.2, 0.25) is 10.0 Å². The number of carbonyl (C=O) groups is 1. The van der Waals surface area contributed by atoms with Gasteiger partial charge in [0.15, 0.2) is 0 Å². The van der Waals surface area contributed by atoms with Crippen LogP contribution < -0.4 is 10.5 Å². The molecule has 0 saturated heterocycles. The molecule has 0 aliphatic heterocycles. The standard InChI is InChI=1S/C13H8BrCl2NO2/c14-7-1-3-10(16)12(5-7)19-11-4-2-8(15)6-9(11)13(17)18/h1-6H,(H2,17,18). The van der Waals surface area contributed by atoms with Crippen molar-refractivity contribution in [2.45, 2.75) is 0 Å². The number of benzene rings is 2. The van der Waals surface area contributed by atoms with Crippen LogP contribution in [0.3, 0.4) is 0 Å². The Labute approximate surface area is 128 Å². The van der Waals surface area contributed by atoms with Gasteiger partial charge in [-0.1, -0.05) is 39.1 Å². The average molecular weight is 361 g/mol. The summed E-state index contributed by atoms with van der Waals surface area (Å²) in [6.07, 6.45) is 0. The highest BCUT2D eigenvalue weighted by Gasteiger charge is 2.12. The molecule has 0 aromatic heterocycles. The molecule has 2 N–H and O–H groups in total. The minimum absolute atomic E-state index is 0.198. The number of carbonyl (C=O) groups excluding carboxylic acids is 1. The number of primary amides is 1. The molecule has 0 bridgehead atoms. The molecular weight excluding hydrogens is 353 g/mol. The third-order valence-corrected chi connectivity index (χ3v) is 3.36. The van der Waals surface area contributed by atoms with Crippen molar-refractivity contribution in [3.8, 4) is 11.5 Å². The maximum absolute atomic E-state index is 11.4. The molecule has 19 heavy (non-hydrogen) atoms. The van der Waals surface area contributed by atoms with Gasteiger partial charge >= 0.3 is 0 Å². The van der Waals surface area contributed by atoms with Crippen molar-refractivity contribution in [1.29, 1.82) is 0 Å². The fourth-order valence-electron chi connectivity index (χ4n) is 1.46. The predicted octanol–water partition coefficient (Wildman–Crippen LogP) is 4.65. The van der Waals surface area contributed by atoms with Gasteiger partial charge in [-0.05, 0) is 36.4 Å². The van der Waals surface area contributed by atoms with Crippen LogP contribution in [0.1, 0.15) is 10.4 Å². The number of nitrogens with two attached hydrogens (primary N) is 1. The number of rotatable bonds is 3. The van der Waals surface area contributed by atoms with Crippen LogP contribution in [0.5, 0.6) is 11.5 Å². The summed E-state index contributed by atoms with van der Waals surface area (Å²) in [6.45, 7) is 0. The Hall–Kier alpha value is -1.23. The molecular formula is C13H8BrCl2NO2. The fraction of sp³-hybridized carbons (Fsp3) is 0. The zero-order valence-corrected chi connectivity index (χ0v) is 12.6. The molecule has 98 valence electrons. The van der Waals surface area contributed by atoms with Crippen molar-refractivity contribution < 1.29 is 9.53 Å². The van der Waals surface area contributed by atoms with Gasteiger partial charge in [0.2, 0.25) is 0 Å². The Bertz CT molecular complexity index is 647. The summed E-state index contributed by atoms with van der Waals surface area (Å²) < 4.78 is 6.42. The van der Waals surface area contributed by atoms with E-state index in [1.165, 1.54) is 6.07 Å². The molecule has 0 radical (unpaired) electrons. The summed E-state index contributed by atoms with van der Waals surface area (Å²) >= 11 is 15.2. The third-order valence-electron chi connectivity index (χ3n) is 2.32. The van der Waals surface area contributed by atoms with Crippen molar-refractivity contribution in [3.05, 3.63) is 56.5 Å². The van der Waals surface area contributed by atoms with Gasteiger partial charge in [-0.25, -0.2) is 0 Å². The van der Waals surface area contributed by atoms with Crippen molar-refractivity contribution in [2.24, 2.45) is 5.73 Å². The normalized spacial score (nSPS) is 10.3. The summed E-state index contributed by atoms with van der Waals surface area (Å²) in [4.78, 5) is 11.4. The second-order valence-corrected chi connectivity index (χ2v) is 5.44. The number of ether oxygens (including phenoxy) is 1. The second kappa shape index (κ2) is 5.82. The van der Waals surface area contributed by atoms with Gasteiger partial charge in [0.25, 0.3) is 5.91 Å². The van der Waals surface area contributed by atoms with Gasteiger partial charge in [0.1, 0.15) is 11.5 Å². The highest BCUT2D eigenvalue weighted by atomic mass is 79.9. The van der Waals surface area contributed by atoms with E-state index in [9.17, 15) is 4.79 Å². The molecule has 0 saturated carbocycles. The molecule has 2 aromatic carbocycles. The number of halogens is 3. The molecule has 0 heterocycles. The number of hydrogen-bond acceptors (Lipinski definition) is 2. The third kappa shape index (κ3) is 3.41. The first-order chi connectivity index (χ1) is 8.97. The van der Waals surface area contributed by atoms with Crippen LogP contribution >= 0.6 is 39.1 Å². The van der Waals surface area contributed by atoms with Crippen LogP contribution in [0.15, 0.2) is 40.9 Å². The van der Waals surface area contributed by atoms with Gasteiger partial charge in [-0.15, -0.1) is 0 Å². The topological polar surface area (TPSA) is 52.3 Å². The van der Waals surface area contributed by atoms with E-state index >= 15 is 0 Å². The average Bonchev–Trinajstić information content (AvgIpc) is 2.35. The van der Waals surface area contributed by atoms with Gasteiger partial charge in [-0.2, -0.15) is 0 Å². The molecule has 6 heteroatoms. The van der Waals surface area contributed by atoms with E-state index in [1.54, 1.807) is 30.3 Å². The molecule has 3 nitrogen and oxygen atoms in total. The SMILES string of the molecule is NC(=O)c1cc(Cl)ccc1Oc1cc(Br)ccc1Cl. The number of amides is 1. The van der Waals surface area contributed by atoms with E-state index in [4.69, 9.17) is 33.7 Å². The number of hydrogen-bond donors (Lipinski definition) is 1. The zero-order valence-electron chi connectivity index (χ0n) is 9.49. The Morgan fingerprint density at radius 1 is 1.11 bits per heavy atom. The van der Waals surface area contributed by atoms with Crippen molar-refractivity contribution in [1.82, 2.24) is 0 Å². The highest BCUT2D eigenvalue weighted by Crippen LogP contribution is 2.34. The minimum atomic E-state index is -0.622. The fourth-order valence-corrected chi connectivity index (χ4v) is 2.13. The Morgan fingerprint density at radius 3 is 2.53 bits per heavy atom. The van der Waals surface area contributed by atoms with Gasteiger partial charge in [0.05, 0.1) is 10.6 Å². The Kier molecular flexibility index (Phi) is 4.34. The Morgan fingerprint density at radius 2 is 1.84 bits per heavy atom. The lowest BCUT2D eigenvalue weighted by Crippen LogP contribution is -2.12. The van der Waals surface area contributed by atoms with Crippen LogP contribution in [0, 0.1) is 0 Å². The molecule has 1 amide bonds. The monoisotopic (exact) mass is 359 g/mol. The molecule has 0 aliphatic rings. The van der Waals surface area contributed by atoms with E-state index in [2.05, 4.69) is 15.9 Å². The lowest BCUT2D eigenvalue weighted by Gasteiger charge is -2.11. The summed E-state index contributed by atoms with van der Waals surface area (Å²) in [5, 5.41) is 0.829. The molecule has 2 aromatic rings. The lowest BCUT2D eigenvalue weighted by molar-refractivity contribution is 0.0998. The van der Waals surface area contributed by atoms with Crippen LogP contribution in [0.25, 0.3) is 0 Å². The van der Waals surface area contributed by atoms with Gasteiger partial charge < -0.3 is 10.5 Å². The minimum Gasteiger partial charge on any atom is -0.455 e. The maximum Gasteiger partial charge on any atom is 0.252 e. The quantitative estimate of drug-likeness (QED) is 0.866. The lowest BCUT2D eigenvalue weighted by atomic mass is 10.2. The zero-order chi connectivity index (χ0) is 14.0.